The van der Waals surface area contributed by atoms with Gasteiger partial charge >= 0.3 is 6.03 Å². The van der Waals surface area contributed by atoms with Crippen LogP contribution >= 0.6 is 23.2 Å². The molecule has 1 heterocycles. The van der Waals surface area contributed by atoms with E-state index in [0.717, 1.165) is 0 Å². The van der Waals surface area contributed by atoms with Crippen molar-refractivity contribution in [3.63, 3.8) is 0 Å². The first kappa shape index (κ1) is 5.72. The van der Waals surface area contributed by atoms with E-state index in [2.05, 4.69) is 9.98 Å². The molecule has 0 saturated heterocycles. The van der Waals surface area contributed by atoms with Gasteiger partial charge in [-0.1, -0.05) is 23.2 Å². The summed E-state index contributed by atoms with van der Waals surface area (Å²) in [4.78, 5) is 16.5. The van der Waals surface area contributed by atoms with E-state index < -0.39 is 6.03 Å². The van der Waals surface area contributed by atoms with Gasteiger partial charge in [0.1, 0.15) is 0 Å². The standard InChI is InChI=1S/C3Cl2N2O/c4-1-2(5)7-3(8)6-1. The Bertz CT molecular complexity index is 175. The molecule has 8 heavy (non-hydrogen) atoms. The minimum absolute atomic E-state index is 0.0309. The van der Waals surface area contributed by atoms with Crippen molar-refractivity contribution in [2.45, 2.75) is 0 Å². The van der Waals surface area contributed by atoms with Crippen molar-refractivity contribution in [3.05, 3.63) is 0 Å². The molecule has 0 saturated carbocycles. The lowest BCUT2D eigenvalue weighted by Crippen LogP contribution is -1.90. The SMILES string of the molecule is O=C1N=C(Cl)C(Cl)=N1. The quantitative estimate of drug-likeness (QED) is 0.515. The largest absolute Gasteiger partial charge is 0.370 e. The number of rotatable bonds is 0. The number of aliphatic imine (C=N–C) groups is 2. The highest BCUT2D eigenvalue weighted by Crippen LogP contribution is 2.05. The lowest BCUT2D eigenvalue weighted by atomic mass is 10.8. The Morgan fingerprint density at radius 1 is 1.12 bits per heavy atom. The Morgan fingerprint density at radius 3 is 1.62 bits per heavy atom. The Hall–Kier alpha value is -0.410. The monoisotopic (exact) mass is 150 g/mol. The van der Waals surface area contributed by atoms with Gasteiger partial charge in [-0.3, -0.25) is 0 Å². The summed E-state index contributed by atoms with van der Waals surface area (Å²) in [5.41, 5.74) is 0. The third kappa shape index (κ3) is 0.877. The highest BCUT2D eigenvalue weighted by atomic mass is 35.5. The molecule has 0 aromatic carbocycles. The lowest BCUT2D eigenvalue weighted by molar-refractivity contribution is 0.257. The molecule has 0 spiro atoms. The van der Waals surface area contributed by atoms with Crippen molar-refractivity contribution in [1.82, 2.24) is 0 Å². The van der Waals surface area contributed by atoms with Crippen LogP contribution in [0.1, 0.15) is 0 Å². The van der Waals surface area contributed by atoms with E-state index in [1.165, 1.54) is 0 Å². The third-order valence-corrected chi connectivity index (χ3v) is 1.18. The van der Waals surface area contributed by atoms with Gasteiger partial charge in [0.15, 0.2) is 10.3 Å². The molecule has 1 aliphatic heterocycles. The van der Waals surface area contributed by atoms with E-state index in [9.17, 15) is 4.79 Å². The molecular weight excluding hydrogens is 151 g/mol. The summed E-state index contributed by atoms with van der Waals surface area (Å²) in [7, 11) is 0. The molecule has 1 rings (SSSR count). The van der Waals surface area contributed by atoms with Gasteiger partial charge in [0.2, 0.25) is 0 Å². The zero-order chi connectivity index (χ0) is 6.15. The van der Waals surface area contributed by atoms with Crippen LogP contribution in [0.25, 0.3) is 0 Å². The number of urea groups is 1. The number of halogens is 2. The van der Waals surface area contributed by atoms with Crippen LogP contribution in [0.15, 0.2) is 9.98 Å². The van der Waals surface area contributed by atoms with Gasteiger partial charge in [-0.05, 0) is 0 Å². The summed E-state index contributed by atoms with van der Waals surface area (Å²) in [6.07, 6.45) is 0. The molecule has 2 amide bonds. The number of carbonyl (C=O) groups excluding carboxylic acids is 1. The van der Waals surface area contributed by atoms with Crippen molar-refractivity contribution < 1.29 is 4.79 Å². The minimum Gasteiger partial charge on any atom is -0.244 e. The smallest absolute Gasteiger partial charge is 0.244 e. The number of amides is 2. The highest BCUT2D eigenvalue weighted by molar-refractivity contribution is 7.01. The van der Waals surface area contributed by atoms with Crippen LogP contribution in [-0.4, -0.2) is 16.4 Å². The van der Waals surface area contributed by atoms with Crippen LogP contribution in [0.5, 0.6) is 0 Å². The van der Waals surface area contributed by atoms with Gasteiger partial charge in [0.25, 0.3) is 0 Å². The fourth-order valence-corrected chi connectivity index (χ4v) is 0.514. The molecule has 0 unspecified atom stereocenters. The van der Waals surface area contributed by atoms with Crippen molar-refractivity contribution in [3.8, 4) is 0 Å². The number of hydrogen-bond acceptors (Lipinski definition) is 1. The van der Waals surface area contributed by atoms with E-state index in [1.807, 2.05) is 0 Å². The first-order valence-electron chi connectivity index (χ1n) is 1.73. The molecule has 0 radical (unpaired) electrons. The molecule has 0 aromatic heterocycles. The molecule has 1 aliphatic rings. The molecule has 0 bridgehead atoms. The predicted octanol–water partition coefficient (Wildman–Crippen LogP) is 1.39. The molecular formula is C3Cl2N2O. The zero-order valence-electron chi connectivity index (χ0n) is 3.56. The van der Waals surface area contributed by atoms with Gasteiger partial charge in [0.05, 0.1) is 0 Å². The topological polar surface area (TPSA) is 41.8 Å². The minimum atomic E-state index is -0.639. The Labute approximate surface area is 55.0 Å². The van der Waals surface area contributed by atoms with Crippen molar-refractivity contribution in [2.24, 2.45) is 9.98 Å². The van der Waals surface area contributed by atoms with Gasteiger partial charge < -0.3 is 0 Å². The van der Waals surface area contributed by atoms with Crippen molar-refractivity contribution in [2.75, 3.05) is 0 Å². The summed E-state index contributed by atoms with van der Waals surface area (Å²) in [5, 5.41) is -0.0617. The maximum Gasteiger partial charge on any atom is 0.370 e. The summed E-state index contributed by atoms with van der Waals surface area (Å²) in [5.74, 6) is 0. The van der Waals surface area contributed by atoms with Crippen molar-refractivity contribution in [1.29, 1.82) is 0 Å². The van der Waals surface area contributed by atoms with Crippen LogP contribution in [0, 0.1) is 0 Å². The summed E-state index contributed by atoms with van der Waals surface area (Å²) in [6.45, 7) is 0. The summed E-state index contributed by atoms with van der Waals surface area (Å²) < 4.78 is 0. The highest BCUT2D eigenvalue weighted by Gasteiger charge is 2.13. The van der Waals surface area contributed by atoms with E-state index in [1.54, 1.807) is 0 Å². The van der Waals surface area contributed by atoms with Gasteiger partial charge in [-0.15, -0.1) is 0 Å². The van der Waals surface area contributed by atoms with E-state index in [-0.39, 0.29) is 10.3 Å². The average Bonchev–Trinajstić information content (AvgIpc) is 1.85. The Balaban J connectivity index is 2.98. The maximum absolute atomic E-state index is 10.1. The maximum atomic E-state index is 10.1. The normalized spacial score (nSPS) is 18.5. The fourth-order valence-electron chi connectivity index (χ4n) is 0.285. The second-order valence-electron chi connectivity index (χ2n) is 1.09. The molecule has 5 heteroatoms. The van der Waals surface area contributed by atoms with Gasteiger partial charge in [0, 0.05) is 0 Å². The first-order valence-corrected chi connectivity index (χ1v) is 2.48. The van der Waals surface area contributed by atoms with E-state index in [0.29, 0.717) is 0 Å². The van der Waals surface area contributed by atoms with Crippen LogP contribution in [-0.2, 0) is 0 Å². The van der Waals surface area contributed by atoms with Crippen LogP contribution in [0.3, 0.4) is 0 Å². The summed E-state index contributed by atoms with van der Waals surface area (Å²) >= 11 is 10.4. The van der Waals surface area contributed by atoms with Gasteiger partial charge in [-0.25, -0.2) is 4.79 Å². The van der Waals surface area contributed by atoms with Crippen molar-refractivity contribution >= 4 is 39.6 Å². The number of nitrogens with zero attached hydrogens (tertiary/aromatic N) is 2. The molecule has 0 atom stereocenters. The first-order chi connectivity index (χ1) is 3.70. The molecule has 42 valence electrons. The number of carbonyl (C=O) groups is 1. The van der Waals surface area contributed by atoms with Crippen LogP contribution in [0.4, 0.5) is 4.79 Å². The Morgan fingerprint density at radius 2 is 1.50 bits per heavy atom. The Kier molecular flexibility index (Phi) is 1.31. The van der Waals surface area contributed by atoms with E-state index >= 15 is 0 Å². The van der Waals surface area contributed by atoms with E-state index in [4.69, 9.17) is 23.2 Å². The zero-order valence-corrected chi connectivity index (χ0v) is 5.07. The fraction of sp³-hybridized carbons (Fsp3) is 0. The van der Waals surface area contributed by atoms with Crippen LogP contribution in [0.2, 0.25) is 0 Å². The molecule has 0 aliphatic carbocycles. The molecule has 0 N–H and O–H groups in total. The molecule has 3 nitrogen and oxygen atoms in total. The summed E-state index contributed by atoms with van der Waals surface area (Å²) in [6, 6.07) is -0.639. The number of hydrogen-bond donors (Lipinski definition) is 0. The predicted molar refractivity (Wildman–Crippen MR) is 32.0 cm³/mol. The molecule has 0 fully saturated rings. The second-order valence-corrected chi connectivity index (χ2v) is 1.80. The lowest BCUT2D eigenvalue weighted by Gasteiger charge is -1.74. The average molecular weight is 151 g/mol. The molecule has 0 aromatic rings. The van der Waals surface area contributed by atoms with Crippen LogP contribution < -0.4 is 0 Å². The van der Waals surface area contributed by atoms with Gasteiger partial charge in [-0.2, -0.15) is 9.98 Å². The second kappa shape index (κ2) is 1.84. The third-order valence-electron chi connectivity index (χ3n) is 0.558.